The average molecular weight is 280 g/mol. The third-order valence-corrected chi connectivity index (χ3v) is 2.76. The number of aliphatic carboxylic acids is 1. The summed E-state index contributed by atoms with van der Waals surface area (Å²) < 4.78 is 5.00. The highest BCUT2D eigenvalue weighted by atomic mass is 16.5. The van der Waals surface area contributed by atoms with E-state index >= 15 is 0 Å². The van der Waals surface area contributed by atoms with Gasteiger partial charge in [0, 0.05) is 30.4 Å². The highest BCUT2D eigenvalue weighted by Gasteiger charge is 2.15. The van der Waals surface area contributed by atoms with Gasteiger partial charge in [0.25, 0.3) is 0 Å². The molecule has 2 aromatic rings. The predicted molar refractivity (Wildman–Crippen MR) is 72.5 cm³/mol. The second-order valence-electron chi connectivity index (χ2n) is 4.26. The van der Waals surface area contributed by atoms with E-state index < -0.39 is 18.0 Å². The van der Waals surface area contributed by atoms with Crippen LogP contribution >= 0.6 is 0 Å². The minimum Gasteiger partial charge on any atom is -0.480 e. The zero-order valence-electron chi connectivity index (χ0n) is 10.8. The maximum Gasteiger partial charge on any atom is 0.320 e. The molecule has 0 saturated heterocycles. The number of aromatic nitrogens is 1. The van der Waals surface area contributed by atoms with Crippen molar-refractivity contribution < 1.29 is 24.9 Å². The maximum absolute atomic E-state index is 10.9. The van der Waals surface area contributed by atoms with Crippen molar-refractivity contribution in [1.29, 1.82) is 0 Å². The number of nitrogens with one attached hydrogen (secondary N) is 1. The number of carboxylic acids is 1. The molecule has 0 aliphatic heterocycles. The molecule has 0 unspecified atom stereocenters. The number of fused-ring (bicyclic) bond motifs is 1. The van der Waals surface area contributed by atoms with Gasteiger partial charge in [-0.1, -0.05) is 0 Å². The van der Waals surface area contributed by atoms with Gasteiger partial charge < -0.3 is 26.0 Å². The lowest BCUT2D eigenvalue weighted by Gasteiger charge is -2.06. The molecule has 1 aromatic heterocycles. The van der Waals surface area contributed by atoms with Gasteiger partial charge in [0.05, 0.1) is 0 Å². The number of H-pyrrole nitrogens is 1. The van der Waals surface area contributed by atoms with E-state index in [1.54, 1.807) is 24.4 Å². The van der Waals surface area contributed by atoms with Crippen LogP contribution in [0.5, 0.6) is 5.75 Å². The minimum absolute atomic E-state index is 0. The van der Waals surface area contributed by atoms with Crippen LogP contribution in [0.15, 0.2) is 24.4 Å². The number of rotatable bonds is 4. The Hall–Kier alpha value is -2.38. The van der Waals surface area contributed by atoms with Crippen molar-refractivity contribution in [1.82, 2.24) is 4.98 Å². The molecular formula is C13H16N2O5. The first-order chi connectivity index (χ1) is 8.97. The van der Waals surface area contributed by atoms with Gasteiger partial charge in [-0.15, -0.1) is 0 Å². The maximum atomic E-state index is 10.9. The quantitative estimate of drug-likeness (QED) is 0.543. The number of carbonyl (C=O) groups is 2. The lowest BCUT2D eigenvalue weighted by Crippen LogP contribution is -2.32. The fraction of sp³-hybridized carbons (Fsp3) is 0.231. The summed E-state index contributed by atoms with van der Waals surface area (Å²) >= 11 is 0. The van der Waals surface area contributed by atoms with Crippen LogP contribution in [0.1, 0.15) is 12.5 Å². The van der Waals surface area contributed by atoms with E-state index in [0.29, 0.717) is 5.75 Å². The van der Waals surface area contributed by atoms with Crippen LogP contribution in [0, 0.1) is 0 Å². The van der Waals surface area contributed by atoms with Gasteiger partial charge in [-0.2, -0.15) is 0 Å². The number of nitrogens with two attached hydrogens (primary N) is 1. The lowest BCUT2D eigenvalue weighted by molar-refractivity contribution is -0.138. The van der Waals surface area contributed by atoms with Crippen LogP contribution in [0.4, 0.5) is 0 Å². The molecular weight excluding hydrogens is 264 g/mol. The Morgan fingerprint density at radius 2 is 2.15 bits per heavy atom. The van der Waals surface area contributed by atoms with Crippen LogP contribution in [0.3, 0.4) is 0 Å². The van der Waals surface area contributed by atoms with E-state index in [9.17, 15) is 9.59 Å². The molecule has 0 aliphatic carbocycles. The first-order valence-electron chi connectivity index (χ1n) is 5.74. The van der Waals surface area contributed by atoms with Crippen molar-refractivity contribution in [2.45, 2.75) is 19.4 Å². The van der Waals surface area contributed by atoms with Gasteiger partial charge in [-0.25, -0.2) is 0 Å². The average Bonchev–Trinajstić information content (AvgIpc) is 2.71. The molecule has 1 atom stereocenters. The molecule has 7 nitrogen and oxygen atoms in total. The number of hydrogen-bond acceptors (Lipinski definition) is 4. The molecule has 0 saturated carbocycles. The molecule has 1 heterocycles. The standard InChI is InChI=1S/C13H14N2O4.H2O/c1-7(16)19-9-2-3-12-10(5-9)8(6-15-12)4-11(14)13(17)18;/h2-3,5-6,11,15H,4,14H2,1H3,(H,17,18);1H2/t11-;/m0./s1. The van der Waals surface area contributed by atoms with E-state index in [0.717, 1.165) is 16.5 Å². The van der Waals surface area contributed by atoms with Crippen molar-refractivity contribution >= 4 is 22.8 Å². The first-order valence-corrected chi connectivity index (χ1v) is 5.74. The monoisotopic (exact) mass is 280 g/mol. The number of ether oxygens (including phenoxy) is 1. The Kier molecular flexibility index (Phi) is 4.84. The molecule has 0 bridgehead atoms. The largest absolute Gasteiger partial charge is 0.480 e. The molecule has 0 amide bonds. The number of carboxylic acid groups (broad SMARTS) is 1. The van der Waals surface area contributed by atoms with Crippen molar-refractivity contribution in [3.05, 3.63) is 30.0 Å². The van der Waals surface area contributed by atoms with E-state index in [1.165, 1.54) is 6.92 Å². The van der Waals surface area contributed by atoms with Gasteiger partial charge in [-0.05, 0) is 23.8 Å². The summed E-state index contributed by atoms with van der Waals surface area (Å²) in [5, 5.41) is 9.62. The summed E-state index contributed by atoms with van der Waals surface area (Å²) in [5.41, 5.74) is 7.13. The second-order valence-corrected chi connectivity index (χ2v) is 4.26. The highest BCUT2D eigenvalue weighted by Crippen LogP contribution is 2.24. The molecule has 20 heavy (non-hydrogen) atoms. The topological polar surface area (TPSA) is 137 Å². The van der Waals surface area contributed by atoms with Crippen LogP contribution in [-0.4, -0.2) is 33.5 Å². The normalized spacial score (nSPS) is 11.7. The summed E-state index contributed by atoms with van der Waals surface area (Å²) in [7, 11) is 0. The Morgan fingerprint density at radius 3 is 2.75 bits per heavy atom. The number of aromatic amines is 1. The molecule has 6 N–H and O–H groups in total. The number of carbonyl (C=O) groups excluding carboxylic acids is 1. The Labute approximate surface area is 114 Å². The molecule has 2 rings (SSSR count). The van der Waals surface area contributed by atoms with Gasteiger partial charge in [0.2, 0.25) is 0 Å². The van der Waals surface area contributed by atoms with Crippen LogP contribution < -0.4 is 10.5 Å². The predicted octanol–water partition coefficient (Wildman–Crippen LogP) is 0.223. The van der Waals surface area contributed by atoms with E-state index in [4.69, 9.17) is 15.6 Å². The molecule has 7 heteroatoms. The van der Waals surface area contributed by atoms with Gasteiger partial charge in [0.1, 0.15) is 11.8 Å². The molecule has 0 radical (unpaired) electrons. The Bertz CT molecular complexity index is 635. The second kappa shape index (κ2) is 6.18. The molecule has 0 fully saturated rings. The number of esters is 1. The number of hydrogen-bond donors (Lipinski definition) is 3. The van der Waals surface area contributed by atoms with Gasteiger partial charge in [-0.3, -0.25) is 9.59 Å². The zero-order valence-corrected chi connectivity index (χ0v) is 10.8. The van der Waals surface area contributed by atoms with Crippen molar-refractivity contribution in [3.63, 3.8) is 0 Å². The first kappa shape index (κ1) is 15.7. The fourth-order valence-electron chi connectivity index (χ4n) is 1.88. The van der Waals surface area contributed by atoms with E-state index in [2.05, 4.69) is 4.98 Å². The fourth-order valence-corrected chi connectivity index (χ4v) is 1.88. The molecule has 108 valence electrons. The lowest BCUT2D eigenvalue weighted by atomic mass is 10.1. The minimum atomic E-state index is -1.05. The zero-order chi connectivity index (χ0) is 14.0. The summed E-state index contributed by atoms with van der Waals surface area (Å²) in [6, 6.07) is 4.16. The van der Waals surface area contributed by atoms with Gasteiger partial charge >= 0.3 is 11.9 Å². The smallest absolute Gasteiger partial charge is 0.320 e. The molecule has 0 spiro atoms. The van der Waals surface area contributed by atoms with Crippen LogP contribution in [-0.2, 0) is 16.0 Å². The third-order valence-electron chi connectivity index (χ3n) is 2.76. The summed E-state index contributed by atoms with van der Waals surface area (Å²) in [4.78, 5) is 24.7. The SMILES string of the molecule is CC(=O)Oc1ccc2[nH]cc(C[C@H](N)C(=O)O)c2c1.O. The van der Waals surface area contributed by atoms with Crippen LogP contribution in [0.2, 0.25) is 0 Å². The van der Waals surface area contributed by atoms with Crippen molar-refractivity contribution in [2.24, 2.45) is 5.73 Å². The Morgan fingerprint density at radius 1 is 1.45 bits per heavy atom. The third kappa shape index (κ3) is 3.34. The Balaban J connectivity index is 0.00000200. The summed E-state index contributed by atoms with van der Waals surface area (Å²) in [5.74, 6) is -1.03. The number of benzene rings is 1. The highest BCUT2D eigenvalue weighted by molar-refractivity contribution is 5.86. The molecule has 1 aromatic carbocycles. The van der Waals surface area contributed by atoms with Crippen molar-refractivity contribution in [2.75, 3.05) is 0 Å². The van der Waals surface area contributed by atoms with Gasteiger partial charge in [0.15, 0.2) is 0 Å². The van der Waals surface area contributed by atoms with E-state index in [1.807, 2.05) is 0 Å². The van der Waals surface area contributed by atoms with Crippen molar-refractivity contribution in [3.8, 4) is 5.75 Å². The summed E-state index contributed by atoms with van der Waals surface area (Å²) in [6.07, 6.45) is 1.92. The summed E-state index contributed by atoms with van der Waals surface area (Å²) in [6.45, 7) is 1.32. The van der Waals surface area contributed by atoms with E-state index in [-0.39, 0.29) is 11.9 Å². The molecule has 0 aliphatic rings. The van der Waals surface area contributed by atoms with Crippen LogP contribution in [0.25, 0.3) is 10.9 Å².